The molecule has 0 bridgehead atoms. The number of hydrogen-bond donors (Lipinski definition) is 0. The van der Waals surface area contributed by atoms with E-state index in [0.29, 0.717) is 6.10 Å². The van der Waals surface area contributed by atoms with Gasteiger partial charge in [-0.15, -0.1) is 0 Å². The van der Waals surface area contributed by atoms with Crippen molar-refractivity contribution in [2.75, 3.05) is 44.3 Å². The summed E-state index contributed by atoms with van der Waals surface area (Å²) in [6.07, 6.45) is 2.23. The zero-order chi connectivity index (χ0) is 16.8. The van der Waals surface area contributed by atoms with E-state index in [1.807, 2.05) is 36.9 Å². The lowest BCUT2D eigenvalue weighted by Crippen LogP contribution is -2.49. The molecule has 5 heteroatoms. The SMILES string of the molecule is CCOC1CCN(C(=O)[C@H](c2ccccc2)N2CCSCC2)CC1. The highest BCUT2D eigenvalue weighted by atomic mass is 32.2. The number of thioether (sulfide) groups is 1. The molecule has 1 aromatic rings. The molecule has 2 aliphatic heterocycles. The van der Waals surface area contributed by atoms with Crippen LogP contribution in [-0.4, -0.2) is 66.1 Å². The normalized spacial score (nSPS) is 21.6. The smallest absolute Gasteiger partial charge is 0.244 e. The highest BCUT2D eigenvalue weighted by Gasteiger charge is 2.33. The van der Waals surface area contributed by atoms with Crippen LogP contribution < -0.4 is 0 Å². The Labute approximate surface area is 149 Å². The lowest BCUT2D eigenvalue weighted by atomic mass is 10.0. The van der Waals surface area contributed by atoms with E-state index >= 15 is 0 Å². The number of benzene rings is 1. The summed E-state index contributed by atoms with van der Waals surface area (Å²) < 4.78 is 5.72. The summed E-state index contributed by atoms with van der Waals surface area (Å²) in [6, 6.07) is 10.2. The molecule has 2 saturated heterocycles. The number of hydrogen-bond acceptors (Lipinski definition) is 4. The average molecular weight is 349 g/mol. The van der Waals surface area contributed by atoms with E-state index in [1.54, 1.807) is 0 Å². The molecule has 2 aliphatic rings. The third kappa shape index (κ3) is 4.32. The molecule has 0 aromatic heterocycles. The van der Waals surface area contributed by atoms with Crippen molar-refractivity contribution in [1.82, 2.24) is 9.80 Å². The van der Waals surface area contributed by atoms with Crippen molar-refractivity contribution >= 4 is 17.7 Å². The first-order valence-electron chi connectivity index (χ1n) is 9.06. The van der Waals surface area contributed by atoms with E-state index in [1.165, 1.54) is 0 Å². The fourth-order valence-electron chi connectivity index (χ4n) is 3.63. The number of rotatable bonds is 5. The van der Waals surface area contributed by atoms with Gasteiger partial charge < -0.3 is 9.64 Å². The van der Waals surface area contributed by atoms with E-state index in [2.05, 4.69) is 21.9 Å². The Hall–Kier alpha value is -1.04. The molecule has 24 heavy (non-hydrogen) atoms. The second-order valence-corrected chi connectivity index (χ2v) is 7.67. The molecule has 0 aliphatic carbocycles. The maximum atomic E-state index is 13.3. The number of piperidine rings is 1. The fourth-order valence-corrected chi connectivity index (χ4v) is 4.56. The van der Waals surface area contributed by atoms with E-state index < -0.39 is 0 Å². The monoisotopic (exact) mass is 348 g/mol. The van der Waals surface area contributed by atoms with Crippen LogP contribution in [0.15, 0.2) is 30.3 Å². The number of amides is 1. The van der Waals surface area contributed by atoms with Gasteiger partial charge in [-0.1, -0.05) is 30.3 Å². The Morgan fingerprint density at radius 3 is 2.46 bits per heavy atom. The van der Waals surface area contributed by atoms with Crippen molar-refractivity contribution in [2.24, 2.45) is 0 Å². The third-order valence-electron chi connectivity index (χ3n) is 4.92. The maximum Gasteiger partial charge on any atom is 0.244 e. The first-order chi connectivity index (χ1) is 11.8. The van der Waals surface area contributed by atoms with Crippen LogP contribution in [0.1, 0.15) is 31.4 Å². The number of likely N-dealkylation sites (tertiary alicyclic amines) is 1. The molecule has 3 rings (SSSR count). The van der Waals surface area contributed by atoms with Crippen molar-refractivity contribution in [2.45, 2.75) is 31.9 Å². The van der Waals surface area contributed by atoms with Gasteiger partial charge in [0.15, 0.2) is 0 Å². The van der Waals surface area contributed by atoms with Crippen LogP contribution in [0.25, 0.3) is 0 Å². The number of nitrogens with zero attached hydrogens (tertiary/aromatic N) is 2. The molecule has 0 spiro atoms. The van der Waals surface area contributed by atoms with Crippen LogP contribution in [0.2, 0.25) is 0 Å². The Bertz CT molecular complexity index is 511. The second-order valence-electron chi connectivity index (χ2n) is 6.44. The average Bonchev–Trinajstić information content (AvgIpc) is 2.64. The summed E-state index contributed by atoms with van der Waals surface area (Å²) in [5.41, 5.74) is 1.13. The molecule has 0 radical (unpaired) electrons. The molecule has 2 heterocycles. The van der Waals surface area contributed by atoms with Gasteiger partial charge in [0.1, 0.15) is 6.04 Å². The predicted molar refractivity (Wildman–Crippen MR) is 99.3 cm³/mol. The summed E-state index contributed by atoms with van der Waals surface area (Å²) in [4.78, 5) is 17.7. The summed E-state index contributed by atoms with van der Waals surface area (Å²) in [5.74, 6) is 2.49. The lowest BCUT2D eigenvalue weighted by Gasteiger charge is -2.39. The minimum absolute atomic E-state index is 0.129. The molecular weight excluding hydrogens is 320 g/mol. The van der Waals surface area contributed by atoms with Gasteiger partial charge in [-0.25, -0.2) is 0 Å². The van der Waals surface area contributed by atoms with Gasteiger partial charge in [0, 0.05) is 44.3 Å². The quantitative estimate of drug-likeness (QED) is 0.819. The largest absolute Gasteiger partial charge is 0.378 e. The Balaban J connectivity index is 1.72. The van der Waals surface area contributed by atoms with Crippen molar-refractivity contribution < 1.29 is 9.53 Å². The lowest BCUT2D eigenvalue weighted by molar-refractivity contribution is -0.139. The zero-order valence-electron chi connectivity index (χ0n) is 14.5. The zero-order valence-corrected chi connectivity index (χ0v) is 15.3. The van der Waals surface area contributed by atoms with Gasteiger partial charge in [-0.05, 0) is 25.3 Å². The molecule has 132 valence electrons. The van der Waals surface area contributed by atoms with Gasteiger partial charge in [-0.3, -0.25) is 9.69 Å². The summed E-state index contributed by atoms with van der Waals surface area (Å²) in [5, 5.41) is 0. The van der Waals surface area contributed by atoms with E-state index in [4.69, 9.17) is 4.74 Å². The Morgan fingerprint density at radius 1 is 1.17 bits per heavy atom. The van der Waals surface area contributed by atoms with Gasteiger partial charge in [0.2, 0.25) is 5.91 Å². The topological polar surface area (TPSA) is 32.8 Å². The van der Waals surface area contributed by atoms with Gasteiger partial charge in [-0.2, -0.15) is 11.8 Å². The minimum atomic E-state index is -0.129. The summed E-state index contributed by atoms with van der Waals surface area (Å²) >= 11 is 1.98. The van der Waals surface area contributed by atoms with Gasteiger partial charge in [0.25, 0.3) is 0 Å². The number of ether oxygens (including phenoxy) is 1. The predicted octanol–water partition coefficient (Wildman–Crippen LogP) is 2.80. The highest BCUT2D eigenvalue weighted by molar-refractivity contribution is 7.99. The molecule has 1 aromatic carbocycles. The van der Waals surface area contributed by atoms with Crippen molar-refractivity contribution in [3.8, 4) is 0 Å². The Kier molecular flexibility index (Phi) is 6.58. The molecule has 0 saturated carbocycles. The van der Waals surface area contributed by atoms with Crippen LogP contribution in [-0.2, 0) is 9.53 Å². The van der Waals surface area contributed by atoms with Crippen LogP contribution in [0.3, 0.4) is 0 Å². The Morgan fingerprint density at radius 2 is 1.83 bits per heavy atom. The van der Waals surface area contributed by atoms with Crippen LogP contribution in [0.5, 0.6) is 0 Å². The van der Waals surface area contributed by atoms with Crippen molar-refractivity contribution in [3.05, 3.63) is 35.9 Å². The minimum Gasteiger partial charge on any atom is -0.378 e. The second kappa shape index (κ2) is 8.88. The van der Waals surface area contributed by atoms with Gasteiger partial charge in [0.05, 0.1) is 6.10 Å². The first kappa shape index (κ1) is 17.8. The molecule has 1 atom stereocenters. The number of carbonyl (C=O) groups excluding carboxylic acids is 1. The van der Waals surface area contributed by atoms with Crippen LogP contribution in [0, 0.1) is 0 Å². The number of carbonyl (C=O) groups is 1. The van der Waals surface area contributed by atoms with E-state index in [9.17, 15) is 4.79 Å². The van der Waals surface area contributed by atoms with Gasteiger partial charge >= 0.3 is 0 Å². The van der Waals surface area contributed by atoms with Crippen LogP contribution >= 0.6 is 11.8 Å². The van der Waals surface area contributed by atoms with Crippen molar-refractivity contribution in [3.63, 3.8) is 0 Å². The third-order valence-corrected chi connectivity index (χ3v) is 5.86. The first-order valence-corrected chi connectivity index (χ1v) is 10.2. The fraction of sp³-hybridized carbons (Fsp3) is 0.632. The van der Waals surface area contributed by atoms with Crippen molar-refractivity contribution in [1.29, 1.82) is 0 Å². The molecule has 1 amide bonds. The maximum absolute atomic E-state index is 13.3. The molecule has 4 nitrogen and oxygen atoms in total. The molecule has 2 fully saturated rings. The summed E-state index contributed by atoms with van der Waals surface area (Å²) in [7, 11) is 0. The molecule has 0 N–H and O–H groups in total. The highest BCUT2D eigenvalue weighted by Crippen LogP contribution is 2.27. The summed E-state index contributed by atoms with van der Waals surface area (Å²) in [6.45, 7) is 6.41. The van der Waals surface area contributed by atoms with Crippen LogP contribution in [0.4, 0.5) is 0 Å². The standard InChI is InChI=1S/C19H28N2O2S/c1-2-23-17-8-10-21(11-9-17)19(22)18(16-6-4-3-5-7-16)20-12-14-24-15-13-20/h3-7,17-18H,2,8-15H2,1H3/t18-/m0/s1. The van der Waals surface area contributed by atoms with E-state index in [0.717, 1.165) is 62.7 Å². The molecular formula is C19H28N2O2S. The van der Waals surface area contributed by atoms with E-state index in [-0.39, 0.29) is 11.9 Å². The molecule has 0 unspecified atom stereocenters.